The van der Waals surface area contributed by atoms with E-state index in [0.717, 1.165) is 25.7 Å². The van der Waals surface area contributed by atoms with Gasteiger partial charge in [0.25, 0.3) is 0 Å². The Morgan fingerprint density at radius 2 is 1.94 bits per heavy atom. The molecule has 1 aliphatic rings. The Morgan fingerprint density at radius 1 is 1.29 bits per heavy atom. The third-order valence-electron chi connectivity index (χ3n) is 4.09. The van der Waals surface area contributed by atoms with Gasteiger partial charge in [-0.05, 0) is 48.1 Å². The van der Waals surface area contributed by atoms with Gasteiger partial charge < -0.3 is 5.11 Å². The highest BCUT2D eigenvalue weighted by atomic mass is 16.3. The van der Waals surface area contributed by atoms with Crippen LogP contribution in [0.1, 0.15) is 57.1 Å². The van der Waals surface area contributed by atoms with E-state index in [2.05, 4.69) is 45.0 Å². The molecule has 1 aromatic carbocycles. The van der Waals surface area contributed by atoms with Crippen LogP contribution in [0.3, 0.4) is 0 Å². The number of aliphatic hydroxyl groups is 1. The zero-order chi connectivity index (χ0) is 12.5. The van der Waals surface area contributed by atoms with Crippen LogP contribution in [-0.4, -0.2) is 11.2 Å². The van der Waals surface area contributed by atoms with Gasteiger partial charge >= 0.3 is 0 Å². The second-order valence-corrected chi connectivity index (χ2v) is 6.28. The van der Waals surface area contributed by atoms with Crippen LogP contribution >= 0.6 is 0 Å². The van der Waals surface area contributed by atoms with E-state index in [4.69, 9.17) is 0 Å². The van der Waals surface area contributed by atoms with Crippen molar-refractivity contribution in [1.82, 2.24) is 0 Å². The lowest BCUT2D eigenvalue weighted by Crippen LogP contribution is -2.16. The number of hydrogen-bond donors (Lipinski definition) is 1. The van der Waals surface area contributed by atoms with Gasteiger partial charge in [-0.3, -0.25) is 0 Å². The van der Waals surface area contributed by atoms with E-state index < -0.39 is 0 Å². The molecule has 1 fully saturated rings. The maximum atomic E-state index is 9.66. The molecular formula is C16H24O. The smallest absolute Gasteiger partial charge is 0.0545 e. The average Bonchev–Trinajstić information content (AvgIpc) is 2.59. The summed E-state index contributed by atoms with van der Waals surface area (Å²) in [4.78, 5) is 0. The first-order chi connectivity index (χ1) is 7.98. The molecule has 1 N–H and O–H groups in total. The first-order valence-corrected chi connectivity index (χ1v) is 6.75. The molecule has 0 aromatic heterocycles. The molecule has 2 rings (SSSR count). The predicted octanol–water partition coefficient (Wildman–Crippen LogP) is 3.90. The molecule has 2 atom stereocenters. The van der Waals surface area contributed by atoms with Crippen molar-refractivity contribution in [3.05, 3.63) is 35.4 Å². The normalized spacial score (nSPS) is 28.9. The van der Waals surface area contributed by atoms with Crippen LogP contribution in [-0.2, 0) is 6.42 Å². The van der Waals surface area contributed by atoms with Crippen molar-refractivity contribution in [1.29, 1.82) is 0 Å². The summed E-state index contributed by atoms with van der Waals surface area (Å²) in [5, 5.41) is 9.66. The highest BCUT2D eigenvalue weighted by Gasteiger charge is 2.33. The van der Waals surface area contributed by atoms with Gasteiger partial charge in [0.2, 0.25) is 0 Å². The first-order valence-electron chi connectivity index (χ1n) is 6.75. The standard InChI is InChI=1S/C16H24O/c1-12(2)14-6-4-13(5-7-14)10-16(3)9-8-15(17)11-16/h4-7,12,15,17H,8-11H2,1-3H3. The molecule has 1 saturated carbocycles. The summed E-state index contributed by atoms with van der Waals surface area (Å²) in [6.45, 7) is 6.76. The minimum atomic E-state index is -0.0741. The molecule has 94 valence electrons. The fourth-order valence-electron chi connectivity index (χ4n) is 2.96. The topological polar surface area (TPSA) is 20.2 Å². The van der Waals surface area contributed by atoms with Crippen LogP contribution in [0, 0.1) is 5.41 Å². The summed E-state index contributed by atoms with van der Waals surface area (Å²) < 4.78 is 0. The molecule has 1 aromatic rings. The second-order valence-electron chi connectivity index (χ2n) is 6.28. The van der Waals surface area contributed by atoms with Crippen LogP contribution in [0.5, 0.6) is 0 Å². The molecule has 0 saturated heterocycles. The molecule has 2 unspecified atom stereocenters. The molecule has 0 spiro atoms. The van der Waals surface area contributed by atoms with Crippen LogP contribution in [0.4, 0.5) is 0 Å². The minimum Gasteiger partial charge on any atom is -0.393 e. The second kappa shape index (κ2) is 4.81. The number of benzene rings is 1. The molecule has 0 aliphatic heterocycles. The maximum Gasteiger partial charge on any atom is 0.0545 e. The Labute approximate surface area is 105 Å². The van der Waals surface area contributed by atoms with Gasteiger partial charge in [0.15, 0.2) is 0 Å². The lowest BCUT2D eigenvalue weighted by Gasteiger charge is -2.23. The van der Waals surface area contributed by atoms with E-state index >= 15 is 0 Å². The lowest BCUT2D eigenvalue weighted by molar-refractivity contribution is 0.163. The summed E-state index contributed by atoms with van der Waals surface area (Å²) >= 11 is 0. The van der Waals surface area contributed by atoms with Crippen LogP contribution in [0.2, 0.25) is 0 Å². The molecule has 17 heavy (non-hydrogen) atoms. The largest absolute Gasteiger partial charge is 0.393 e. The van der Waals surface area contributed by atoms with Crippen molar-refractivity contribution in [3.8, 4) is 0 Å². The highest BCUT2D eigenvalue weighted by molar-refractivity contribution is 5.25. The summed E-state index contributed by atoms with van der Waals surface area (Å²) in [5.74, 6) is 0.605. The van der Waals surface area contributed by atoms with Crippen molar-refractivity contribution in [3.63, 3.8) is 0 Å². The molecule has 0 amide bonds. The Kier molecular flexibility index (Phi) is 3.58. The van der Waals surface area contributed by atoms with Gasteiger partial charge in [0.1, 0.15) is 0 Å². The van der Waals surface area contributed by atoms with Gasteiger partial charge in [0, 0.05) is 0 Å². The third kappa shape index (κ3) is 3.10. The Balaban J connectivity index is 2.04. The van der Waals surface area contributed by atoms with Crippen LogP contribution in [0.15, 0.2) is 24.3 Å². The van der Waals surface area contributed by atoms with E-state index in [9.17, 15) is 5.11 Å². The average molecular weight is 232 g/mol. The molecule has 1 aliphatic carbocycles. The van der Waals surface area contributed by atoms with E-state index in [1.165, 1.54) is 11.1 Å². The van der Waals surface area contributed by atoms with Crippen molar-refractivity contribution in [2.45, 2.75) is 58.5 Å². The SMILES string of the molecule is CC(C)c1ccc(CC2(C)CCC(O)C2)cc1. The van der Waals surface area contributed by atoms with E-state index in [0.29, 0.717) is 11.3 Å². The maximum absolute atomic E-state index is 9.66. The van der Waals surface area contributed by atoms with Crippen molar-refractivity contribution in [2.75, 3.05) is 0 Å². The molecule has 1 nitrogen and oxygen atoms in total. The van der Waals surface area contributed by atoms with Gasteiger partial charge in [-0.1, -0.05) is 45.0 Å². The summed E-state index contributed by atoms with van der Waals surface area (Å²) in [5.41, 5.74) is 3.12. The lowest BCUT2D eigenvalue weighted by atomic mass is 9.82. The fourth-order valence-corrected chi connectivity index (χ4v) is 2.96. The molecule has 0 bridgehead atoms. The van der Waals surface area contributed by atoms with Gasteiger partial charge in [-0.2, -0.15) is 0 Å². The van der Waals surface area contributed by atoms with E-state index in [1.807, 2.05) is 0 Å². The molecule has 0 heterocycles. The Morgan fingerprint density at radius 3 is 2.41 bits per heavy atom. The van der Waals surface area contributed by atoms with Gasteiger partial charge in [-0.25, -0.2) is 0 Å². The summed E-state index contributed by atoms with van der Waals surface area (Å²) in [7, 11) is 0. The fraction of sp³-hybridized carbons (Fsp3) is 0.625. The minimum absolute atomic E-state index is 0.0741. The monoisotopic (exact) mass is 232 g/mol. The number of aliphatic hydroxyl groups excluding tert-OH is 1. The van der Waals surface area contributed by atoms with Crippen LogP contribution in [0.25, 0.3) is 0 Å². The molecular weight excluding hydrogens is 208 g/mol. The van der Waals surface area contributed by atoms with Crippen molar-refractivity contribution >= 4 is 0 Å². The zero-order valence-electron chi connectivity index (χ0n) is 11.2. The summed E-state index contributed by atoms with van der Waals surface area (Å²) in [6.07, 6.45) is 4.11. The van der Waals surface area contributed by atoms with Gasteiger partial charge in [0.05, 0.1) is 6.10 Å². The zero-order valence-corrected chi connectivity index (χ0v) is 11.2. The van der Waals surface area contributed by atoms with Crippen molar-refractivity contribution in [2.24, 2.45) is 5.41 Å². The highest BCUT2D eigenvalue weighted by Crippen LogP contribution is 2.40. The predicted molar refractivity (Wildman–Crippen MR) is 72.2 cm³/mol. The number of hydrogen-bond acceptors (Lipinski definition) is 1. The van der Waals surface area contributed by atoms with E-state index in [1.54, 1.807) is 0 Å². The van der Waals surface area contributed by atoms with Crippen molar-refractivity contribution < 1.29 is 5.11 Å². The van der Waals surface area contributed by atoms with Crippen LogP contribution < -0.4 is 0 Å². The third-order valence-corrected chi connectivity index (χ3v) is 4.09. The molecule has 1 heteroatoms. The summed E-state index contributed by atoms with van der Waals surface area (Å²) in [6, 6.07) is 9.00. The quantitative estimate of drug-likeness (QED) is 0.838. The van der Waals surface area contributed by atoms with Gasteiger partial charge in [-0.15, -0.1) is 0 Å². The van der Waals surface area contributed by atoms with E-state index in [-0.39, 0.29) is 6.10 Å². The Bertz CT molecular complexity index is 366. The molecule has 0 radical (unpaired) electrons. The first kappa shape index (κ1) is 12.6. The Hall–Kier alpha value is -0.820. The number of rotatable bonds is 3.